The van der Waals surface area contributed by atoms with E-state index in [2.05, 4.69) is 0 Å². The van der Waals surface area contributed by atoms with Crippen LogP contribution in [-0.2, 0) is 11.3 Å². The zero-order valence-electron chi connectivity index (χ0n) is 12.9. The van der Waals surface area contributed by atoms with Crippen molar-refractivity contribution < 1.29 is 14.3 Å². The van der Waals surface area contributed by atoms with Gasteiger partial charge in [0.15, 0.2) is 5.78 Å². The lowest BCUT2D eigenvalue weighted by atomic mass is 10.0. The van der Waals surface area contributed by atoms with Gasteiger partial charge in [-0.2, -0.15) is 0 Å². The molecule has 2 aromatic rings. The van der Waals surface area contributed by atoms with Crippen LogP contribution in [0.3, 0.4) is 0 Å². The van der Waals surface area contributed by atoms with Crippen LogP contribution in [0.1, 0.15) is 33.2 Å². The number of carbonyl (C=O) groups is 2. The van der Waals surface area contributed by atoms with Crippen molar-refractivity contribution in [3.63, 3.8) is 0 Å². The third-order valence-corrected chi connectivity index (χ3v) is 4.99. The smallest absolute Gasteiger partial charge is 0.343 e. The second-order valence-electron chi connectivity index (χ2n) is 5.14. The van der Waals surface area contributed by atoms with E-state index >= 15 is 0 Å². The molecule has 1 aromatic heterocycles. The Labute approximate surface area is 147 Å². The Bertz CT molecular complexity index is 873. The highest BCUT2D eigenvalue weighted by Gasteiger charge is 2.27. The summed E-state index contributed by atoms with van der Waals surface area (Å²) in [6, 6.07) is 7.85. The van der Waals surface area contributed by atoms with E-state index in [4.69, 9.17) is 16.3 Å². The highest BCUT2D eigenvalue weighted by Crippen LogP contribution is 2.30. The van der Waals surface area contributed by atoms with Crippen molar-refractivity contribution in [3.05, 3.63) is 62.4 Å². The number of aromatic nitrogens is 1. The quantitative estimate of drug-likeness (QED) is 0.617. The SMILES string of the molecule is CCOC(=O)c1cc(C(=O)c2ccc(Cl)cc2)c2n(c1=O)CCS2. The average Bonchev–Trinajstić information content (AvgIpc) is 3.06. The molecule has 0 aliphatic carbocycles. The van der Waals surface area contributed by atoms with E-state index in [-0.39, 0.29) is 18.0 Å². The maximum Gasteiger partial charge on any atom is 0.343 e. The van der Waals surface area contributed by atoms with E-state index in [0.717, 1.165) is 0 Å². The molecule has 0 amide bonds. The van der Waals surface area contributed by atoms with Crippen molar-refractivity contribution in [1.29, 1.82) is 0 Å². The second-order valence-corrected chi connectivity index (χ2v) is 6.66. The van der Waals surface area contributed by atoms with E-state index in [9.17, 15) is 14.4 Å². The molecule has 124 valence electrons. The Morgan fingerprint density at radius 3 is 2.62 bits per heavy atom. The van der Waals surface area contributed by atoms with Crippen LogP contribution in [0, 0.1) is 0 Å². The molecule has 2 heterocycles. The number of hydrogen-bond acceptors (Lipinski definition) is 5. The number of rotatable bonds is 4. The Morgan fingerprint density at radius 2 is 1.96 bits per heavy atom. The van der Waals surface area contributed by atoms with Crippen LogP contribution in [-0.4, -0.2) is 28.7 Å². The molecule has 1 aliphatic rings. The fourth-order valence-electron chi connectivity index (χ4n) is 2.52. The number of hydrogen-bond donors (Lipinski definition) is 0. The van der Waals surface area contributed by atoms with Crippen LogP contribution in [0.25, 0.3) is 0 Å². The molecule has 0 N–H and O–H groups in total. The lowest BCUT2D eigenvalue weighted by Gasteiger charge is -2.11. The Hall–Kier alpha value is -2.05. The van der Waals surface area contributed by atoms with Crippen LogP contribution < -0.4 is 5.56 Å². The van der Waals surface area contributed by atoms with Gasteiger partial charge < -0.3 is 9.30 Å². The van der Waals surface area contributed by atoms with E-state index < -0.39 is 11.5 Å². The number of nitrogens with zero attached hydrogens (tertiary/aromatic N) is 1. The predicted molar refractivity (Wildman–Crippen MR) is 92.3 cm³/mol. The molecule has 0 atom stereocenters. The first-order chi connectivity index (χ1) is 11.5. The topological polar surface area (TPSA) is 65.4 Å². The molecule has 3 rings (SSSR count). The van der Waals surface area contributed by atoms with Crippen LogP contribution >= 0.6 is 23.4 Å². The molecule has 1 aromatic carbocycles. The maximum atomic E-state index is 12.8. The third-order valence-electron chi connectivity index (χ3n) is 3.64. The number of ether oxygens (including phenoxy) is 1. The first-order valence-electron chi connectivity index (χ1n) is 7.41. The number of benzene rings is 1. The molecule has 0 spiro atoms. The maximum absolute atomic E-state index is 12.8. The fraction of sp³-hybridized carbons (Fsp3) is 0.235. The normalized spacial score (nSPS) is 12.8. The van der Waals surface area contributed by atoms with E-state index in [1.807, 2.05) is 0 Å². The van der Waals surface area contributed by atoms with Gasteiger partial charge >= 0.3 is 5.97 Å². The third kappa shape index (κ3) is 2.99. The standard InChI is InChI=1S/C17H14ClNO4S/c1-2-23-17(22)13-9-12(16-19(15(13)21)7-8-24-16)14(20)10-3-5-11(18)6-4-10/h3-6,9H,2,7-8H2,1H3. The number of ketones is 1. The summed E-state index contributed by atoms with van der Waals surface area (Å²) in [6.07, 6.45) is 0. The fourth-order valence-corrected chi connectivity index (χ4v) is 3.75. The Balaban J connectivity index is 2.13. The molecule has 0 unspecified atom stereocenters. The van der Waals surface area contributed by atoms with Crippen molar-refractivity contribution >= 4 is 35.1 Å². The minimum atomic E-state index is -0.708. The van der Waals surface area contributed by atoms with Gasteiger partial charge in [-0.15, -0.1) is 11.8 Å². The Kier molecular flexibility index (Phi) is 4.78. The first-order valence-corrected chi connectivity index (χ1v) is 8.77. The van der Waals surface area contributed by atoms with Crippen molar-refractivity contribution in [2.75, 3.05) is 12.4 Å². The molecule has 5 nitrogen and oxygen atoms in total. The minimum absolute atomic E-state index is 0.111. The van der Waals surface area contributed by atoms with E-state index in [1.54, 1.807) is 31.2 Å². The van der Waals surface area contributed by atoms with Gasteiger partial charge in [-0.25, -0.2) is 4.79 Å². The van der Waals surface area contributed by atoms with Gasteiger partial charge in [-0.3, -0.25) is 9.59 Å². The Morgan fingerprint density at radius 1 is 1.25 bits per heavy atom. The van der Waals surface area contributed by atoms with Gasteiger partial charge in [0.1, 0.15) is 5.56 Å². The lowest BCUT2D eigenvalue weighted by Crippen LogP contribution is -2.28. The van der Waals surface area contributed by atoms with Crippen molar-refractivity contribution in [2.24, 2.45) is 0 Å². The molecule has 24 heavy (non-hydrogen) atoms. The van der Waals surface area contributed by atoms with E-state index in [0.29, 0.717) is 33.5 Å². The van der Waals surface area contributed by atoms with E-state index in [1.165, 1.54) is 22.4 Å². The molecule has 0 radical (unpaired) electrons. The summed E-state index contributed by atoms with van der Waals surface area (Å²) in [4.78, 5) is 37.3. The van der Waals surface area contributed by atoms with Crippen LogP contribution in [0.4, 0.5) is 0 Å². The monoisotopic (exact) mass is 363 g/mol. The zero-order valence-corrected chi connectivity index (χ0v) is 14.4. The summed E-state index contributed by atoms with van der Waals surface area (Å²) in [6.45, 7) is 2.29. The average molecular weight is 364 g/mol. The van der Waals surface area contributed by atoms with Gasteiger partial charge in [0.05, 0.1) is 17.2 Å². The summed E-state index contributed by atoms with van der Waals surface area (Å²) < 4.78 is 6.41. The highest BCUT2D eigenvalue weighted by molar-refractivity contribution is 7.99. The lowest BCUT2D eigenvalue weighted by molar-refractivity contribution is 0.0523. The molecule has 0 fully saturated rings. The molecule has 0 saturated heterocycles. The van der Waals surface area contributed by atoms with Crippen molar-refractivity contribution in [2.45, 2.75) is 18.5 Å². The number of thioether (sulfide) groups is 1. The number of carbonyl (C=O) groups excluding carboxylic acids is 2. The zero-order chi connectivity index (χ0) is 17.3. The molecular weight excluding hydrogens is 350 g/mol. The highest BCUT2D eigenvalue weighted by atomic mass is 35.5. The van der Waals surface area contributed by atoms with Crippen LogP contribution in [0.5, 0.6) is 0 Å². The number of halogens is 1. The largest absolute Gasteiger partial charge is 0.462 e. The molecule has 1 aliphatic heterocycles. The minimum Gasteiger partial charge on any atom is -0.462 e. The number of esters is 1. The summed E-state index contributed by atoms with van der Waals surface area (Å²) >= 11 is 7.29. The van der Waals surface area contributed by atoms with Crippen molar-refractivity contribution in [1.82, 2.24) is 4.57 Å². The van der Waals surface area contributed by atoms with Gasteiger partial charge in [0.25, 0.3) is 5.56 Å². The summed E-state index contributed by atoms with van der Waals surface area (Å²) in [5.41, 5.74) is 0.257. The summed E-state index contributed by atoms with van der Waals surface area (Å²) in [5, 5.41) is 1.12. The van der Waals surface area contributed by atoms with Gasteiger partial charge in [0.2, 0.25) is 0 Å². The molecule has 0 saturated carbocycles. The summed E-state index contributed by atoms with van der Waals surface area (Å²) in [5.74, 6) is -0.280. The van der Waals surface area contributed by atoms with Gasteiger partial charge in [0, 0.05) is 22.9 Å². The predicted octanol–water partition coefficient (Wildman–Crippen LogP) is 3.02. The number of fused-ring (bicyclic) bond motifs is 1. The first kappa shape index (κ1) is 16.8. The van der Waals surface area contributed by atoms with Gasteiger partial charge in [-0.1, -0.05) is 11.6 Å². The molecule has 7 heteroatoms. The van der Waals surface area contributed by atoms with Gasteiger partial charge in [-0.05, 0) is 37.3 Å². The molecule has 0 bridgehead atoms. The summed E-state index contributed by atoms with van der Waals surface area (Å²) in [7, 11) is 0. The van der Waals surface area contributed by atoms with Crippen molar-refractivity contribution in [3.8, 4) is 0 Å². The van der Waals surface area contributed by atoms with Crippen LogP contribution in [0.15, 0.2) is 40.2 Å². The van der Waals surface area contributed by atoms with Crippen LogP contribution in [0.2, 0.25) is 5.02 Å². The number of pyridine rings is 1. The molecular formula is C17H14ClNO4S. The second kappa shape index (κ2) is 6.83.